The van der Waals surface area contributed by atoms with Crippen LogP contribution in [-0.4, -0.2) is 37.1 Å². The molecule has 98 valence electrons. The van der Waals surface area contributed by atoms with Crippen molar-refractivity contribution in [2.75, 3.05) is 0 Å². The Morgan fingerprint density at radius 3 is 2.58 bits per heavy atom. The molecule has 0 aliphatic rings. The number of nitrogens with zero attached hydrogens (tertiary/aromatic N) is 4. The Labute approximate surface area is 112 Å². The molecule has 1 aromatic carbocycles. The number of aromatic nitrogens is 4. The third-order valence-corrected chi connectivity index (χ3v) is 3.24. The lowest BCUT2D eigenvalue weighted by Crippen LogP contribution is -2.11. The summed E-state index contributed by atoms with van der Waals surface area (Å²) >= 11 is 1.24. The maximum absolute atomic E-state index is 11.1. The van der Waals surface area contributed by atoms with Gasteiger partial charge >= 0.3 is 5.97 Å². The molecule has 0 fully saturated rings. The lowest BCUT2D eigenvalue weighted by Gasteiger charge is -2.02. The summed E-state index contributed by atoms with van der Waals surface area (Å²) in [5, 5.41) is 19.9. The summed E-state index contributed by atoms with van der Waals surface area (Å²) in [4.78, 5) is 22.6. The molecule has 0 spiro atoms. The van der Waals surface area contributed by atoms with E-state index in [0.717, 1.165) is 4.90 Å². The number of carboxylic acid groups (broad SMARTS) is 1. The van der Waals surface area contributed by atoms with E-state index in [-0.39, 0.29) is 12.3 Å². The Bertz CT molecular complexity index is 609. The molecule has 0 radical (unpaired) electrons. The molecule has 0 amide bonds. The van der Waals surface area contributed by atoms with Crippen LogP contribution in [0.15, 0.2) is 34.3 Å². The molecule has 0 saturated carbocycles. The molecule has 0 saturated heterocycles. The van der Waals surface area contributed by atoms with Crippen molar-refractivity contribution in [3.05, 3.63) is 29.8 Å². The fraction of sp³-hybridized carbons (Fsp3) is 0.182. The second-order valence-electron chi connectivity index (χ2n) is 3.70. The average Bonchev–Trinajstić information content (AvgIpc) is 2.76. The lowest BCUT2D eigenvalue weighted by atomic mass is 10.2. The number of aliphatic carboxylic acids is 1. The summed E-state index contributed by atoms with van der Waals surface area (Å²) in [5.41, 5.74) is 0.620. The first-order valence-electron chi connectivity index (χ1n) is 5.33. The van der Waals surface area contributed by atoms with Gasteiger partial charge in [-0.25, -0.2) is 4.68 Å². The first-order valence-corrected chi connectivity index (χ1v) is 6.14. The van der Waals surface area contributed by atoms with Crippen LogP contribution in [0.4, 0.5) is 0 Å². The maximum atomic E-state index is 11.1. The normalized spacial score (nSPS) is 10.4. The van der Waals surface area contributed by atoms with Crippen LogP contribution in [0, 0.1) is 0 Å². The van der Waals surface area contributed by atoms with Crippen molar-refractivity contribution in [2.24, 2.45) is 0 Å². The molecule has 0 aliphatic carbocycles. The van der Waals surface area contributed by atoms with E-state index in [1.807, 2.05) is 0 Å². The SMILES string of the molecule is CC(=O)c1ccc(Sc2nnnn2CC(=O)O)cc1. The molecule has 1 heterocycles. The van der Waals surface area contributed by atoms with Crippen LogP contribution in [0.25, 0.3) is 0 Å². The Morgan fingerprint density at radius 2 is 2.00 bits per heavy atom. The Hall–Kier alpha value is -2.22. The third kappa shape index (κ3) is 3.38. The molecule has 0 atom stereocenters. The van der Waals surface area contributed by atoms with Crippen LogP contribution < -0.4 is 0 Å². The van der Waals surface area contributed by atoms with Crippen molar-refractivity contribution >= 4 is 23.5 Å². The lowest BCUT2D eigenvalue weighted by molar-refractivity contribution is -0.138. The Kier molecular flexibility index (Phi) is 3.91. The van der Waals surface area contributed by atoms with Gasteiger partial charge in [0.2, 0.25) is 5.16 Å². The molecule has 0 aliphatic heterocycles. The summed E-state index contributed by atoms with van der Waals surface area (Å²) in [6, 6.07) is 6.94. The van der Waals surface area contributed by atoms with Crippen LogP contribution >= 0.6 is 11.8 Å². The van der Waals surface area contributed by atoms with Gasteiger partial charge in [-0.1, -0.05) is 12.1 Å². The summed E-state index contributed by atoms with van der Waals surface area (Å²) in [6.45, 7) is 1.20. The van der Waals surface area contributed by atoms with E-state index in [1.165, 1.54) is 23.4 Å². The number of hydrogen-bond acceptors (Lipinski definition) is 6. The van der Waals surface area contributed by atoms with E-state index < -0.39 is 5.97 Å². The Morgan fingerprint density at radius 1 is 1.32 bits per heavy atom. The van der Waals surface area contributed by atoms with Gasteiger partial charge < -0.3 is 5.11 Å². The summed E-state index contributed by atoms with van der Waals surface area (Å²) in [6.07, 6.45) is 0. The number of hydrogen-bond donors (Lipinski definition) is 1. The minimum atomic E-state index is -1.01. The molecule has 8 heteroatoms. The highest BCUT2D eigenvalue weighted by molar-refractivity contribution is 7.99. The second kappa shape index (κ2) is 5.61. The zero-order valence-corrected chi connectivity index (χ0v) is 10.8. The molecule has 7 nitrogen and oxygen atoms in total. The van der Waals surface area contributed by atoms with Crippen LogP contribution in [0.3, 0.4) is 0 Å². The van der Waals surface area contributed by atoms with Gasteiger partial charge in [0.25, 0.3) is 0 Å². The number of Topliss-reactive ketones (excluding diaryl/α,β-unsaturated/α-hetero) is 1. The molecular weight excluding hydrogens is 268 g/mol. The second-order valence-corrected chi connectivity index (χ2v) is 4.74. The number of ketones is 1. The first-order chi connectivity index (χ1) is 9.06. The minimum Gasteiger partial charge on any atom is -0.480 e. The summed E-state index contributed by atoms with van der Waals surface area (Å²) in [5.74, 6) is -1.02. The van der Waals surface area contributed by atoms with Crippen molar-refractivity contribution in [3.8, 4) is 0 Å². The molecule has 2 rings (SSSR count). The molecule has 0 bridgehead atoms. The van der Waals surface area contributed by atoms with Crippen molar-refractivity contribution in [1.29, 1.82) is 0 Å². The van der Waals surface area contributed by atoms with E-state index in [9.17, 15) is 9.59 Å². The number of rotatable bonds is 5. The maximum Gasteiger partial charge on any atom is 0.325 e. The van der Waals surface area contributed by atoms with Crippen LogP contribution in [0.1, 0.15) is 17.3 Å². The Balaban J connectivity index is 2.15. The summed E-state index contributed by atoms with van der Waals surface area (Å²) < 4.78 is 1.20. The first kappa shape index (κ1) is 13.2. The number of carbonyl (C=O) groups excluding carboxylic acids is 1. The van der Waals surface area contributed by atoms with Crippen LogP contribution in [-0.2, 0) is 11.3 Å². The molecule has 0 unspecified atom stereocenters. The number of tetrazole rings is 1. The number of carbonyl (C=O) groups is 2. The monoisotopic (exact) mass is 278 g/mol. The molecule has 1 aromatic heterocycles. The average molecular weight is 278 g/mol. The minimum absolute atomic E-state index is 0.00717. The van der Waals surface area contributed by atoms with Gasteiger partial charge in [0.15, 0.2) is 5.78 Å². The smallest absolute Gasteiger partial charge is 0.325 e. The van der Waals surface area contributed by atoms with E-state index in [2.05, 4.69) is 15.5 Å². The molecule has 19 heavy (non-hydrogen) atoms. The third-order valence-electron chi connectivity index (χ3n) is 2.25. The fourth-order valence-corrected chi connectivity index (χ4v) is 2.13. The zero-order chi connectivity index (χ0) is 13.8. The predicted octanol–water partition coefficient (Wildman–Crippen LogP) is 1.11. The van der Waals surface area contributed by atoms with Crippen molar-refractivity contribution in [1.82, 2.24) is 20.2 Å². The summed E-state index contributed by atoms with van der Waals surface area (Å²) in [7, 11) is 0. The molecule has 1 N–H and O–H groups in total. The fourth-order valence-electron chi connectivity index (χ4n) is 1.36. The van der Waals surface area contributed by atoms with E-state index in [1.54, 1.807) is 24.3 Å². The predicted molar refractivity (Wildman–Crippen MR) is 66.0 cm³/mol. The standard InChI is InChI=1S/C11H10N4O3S/c1-7(16)8-2-4-9(5-3-8)19-11-12-13-14-15(11)6-10(17)18/h2-5H,6H2,1H3,(H,17,18). The highest BCUT2D eigenvalue weighted by Gasteiger charge is 2.11. The molecular formula is C11H10N4O3S. The van der Waals surface area contributed by atoms with E-state index in [4.69, 9.17) is 5.11 Å². The van der Waals surface area contributed by atoms with Gasteiger partial charge in [-0.15, -0.1) is 5.10 Å². The van der Waals surface area contributed by atoms with Crippen molar-refractivity contribution < 1.29 is 14.7 Å². The van der Waals surface area contributed by atoms with Gasteiger partial charge in [0.1, 0.15) is 6.54 Å². The van der Waals surface area contributed by atoms with E-state index in [0.29, 0.717) is 10.7 Å². The van der Waals surface area contributed by atoms with Gasteiger partial charge in [0, 0.05) is 10.5 Å². The topological polar surface area (TPSA) is 98.0 Å². The highest BCUT2D eigenvalue weighted by Crippen LogP contribution is 2.25. The van der Waals surface area contributed by atoms with Crippen molar-refractivity contribution in [3.63, 3.8) is 0 Å². The van der Waals surface area contributed by atoms with Crippen LogP contribution in [0.5, 0.6) is 0 Å². The highest BCUT2D eigenvalue weighted by atomic mass is 32.2. The number of benzene rings is 1. The zero-order valence-electron chi connectivity index (χ0n) is 9.98. The quantitative estimate of drug-likeness (QED) is 0.818. The largest absolute Gasteiger partial charge is 0.480 e. The van der Waals surface area contributed by atoms with E-state index >= 15 is 0 Å². The van der Waals surface area contributed by atoms with Crippen molar-refractivity contribution in [2.45, 2.75) is 23.5 Å². The van der Waals surface area contributed by atoms with Crippen LogP contribution in [0.2, 0.25) is 0 Å². The van der Waals surface area contributed by atoms with Gasteiger partial charge in [0.05, 0.1) is 0 Å². The number of carboxylic acids is 1. The van der Waals surface area contributed by atoms with Gasteiger partial charge in [-0.3, -0.25) is 9.59 Å². The molecule has 2 aromatic rings. The van der Waals surface area contributed by atoms with Gasteiger partial charge in [-0.05, 0) is 41.2 Å². The van der Waals surface area contributed by atoms with Gasteiger partial charge in [-0.2, -0.15) is 0 Å².